The molecular formula is C28H30F3NO5. The number of nitrogens with zero attached hydrogens (tertiary/aromatic N) is 1. The number of rotatable bonds is 9. The van der Waals surface area contributed by atoms with Crippen LogP contribution in [0.25, 0.3) is 10.9 Å². The van der Waals surface area contributed by atoms with Gasteiger partial charge in [-0.2, -0.15) is 0 Å². The largest absolute Gasteiger partial charge is 0.586 e. The van der Waals surface area contributed by atoms with Crippen molar-refractivity contribution >= 4 is 16.7 Å². The third kappa shape index (κ3) is 4.48. The maximum atomic E-state index is 15.9. The summed E-state index contributed by atoms with van der Waals surface area (Å²) in [5.74, 6) is -3.65. The third-order valence-electron chi connectivity index (χ3n) is 7.12. The molecule has 2 heterocycles. The van der Waals surface area contributed by atoms with Crippen molar-refractivity contribution in [2.24, 2.45) is 0 Å². The number of Topliss-reactive ketones (excluding diaryl/α,β-unsaturated/α-hetero) is 1. The number of ether oxygens (including phenoxy) is 2. The second kappa shape index (κ2) is 8.77. The molecule has 1 fully saturated rings. The van der Waals surface area contributed by atoms with Crippen LogP contribution in [0.4, 0.5) is 13.2 Å². The lowest BCUT2D eigenvalue weighted by atomic mass is 9.86. The molecule has 1 aromatic heterocycles. The average Bonchev–Trinajstić information content (AvgIpc) is 3.59. The fourth-order valence-electron chi connectivity index (χ4n) is 4.45. The first-order valence-electron chi connectivity index (χ1n) is 15.3. The van der Waals surface area contributed by atoms with Gasteiger partial charge >= 0.3 is 6.29 Å². The Morgan fingerprint density at radius 1 is 1.22 bits per heavy atom. The van der Waals surface area contributed by atoms with Gasteiger partial charge in [-0.25, -0.2) is 4.39 Å². The van der Waals surface area contributed by atoms with Crippen molar-refractivity contribution in [1.82, 2.24) is 4.57 Å². The fourth-order valence-corrected chi connectivity index (χ4v) is 4.45. The standard InChI is InChI=1S/C28H30F3NO5/c1-4-26(2,3)24-10-17-9-16(20(29)13-21(17)32(24)14-19(34)15-33)11-25(35)27(7-8-27)18-5-6-22-23(12-18)37-28(30,31)36-22/h5-6,9-10,12-13,19,33-34H,4,7-8,11,14-15H2,1-3H3/t19-/m0/s1/i5D,6D,9D,10D,12D,13D,19D. The molecule has 0 unspecified atom stereocenters. The Kier molecular flexibility index (Phi) is 4.33. The van der Waals surface area contributed by atoms with E-state index >= 15 is 4.39 Å². The maximum Gasteiger partial charge on any atom is 0.586 e. The number of benzene rings is 2. The summed E-state index contributed by atoms with van der Waals surface area (Å²) in [5.41, 5.74) is -3.41. The summed E-state index contributed by atoms with van der Waals surface area (Å²) in [6.45, 7) is 3.67. The van der Waals surface area contributed by atoms with E-state index in [0.29, 0.717) is 6.42 Å². The van der Waals surface area contributed by atoms with Crippen LogP contribution >= 0.6 is 0 Å². The highest BCUT2D eigenvalue weighted by atomic mass is 19.3. The van der Waals surface area contributed by atoms with Crippen molar-refractivity contribution < 1.29 is 47.2 Å². The lowest BCUT2D eigenvalue weighted by Gasteiger charge is -2.26. The average molecular weight is 525 g/mol. The number of carbonyl (C=O) groups excluding carboxylic acids is 1. The van der Waals surface area contributed by atoms with Crippen LogP contribution in [-0.4, -0.2) is 39.5 Å². The van der Waals surface area contributed by atoms with Gasteiger partial charge in [-0.05, 0) is 60.6 Å². The highest BCUT2D eigenvalue weighted by Crippen LogP contribution is 2.52. The minimum absolute atomic E-state index is 0.0438. The van der Waals surface area contributed by atoms with Crippen LogP contribution in [0.2, 0.25) is 0 Å². The molecule has 0 spiro atoms. The normalized spacial score (nSPS) is 21.8. The van der Waals surface area contributed by atoms with Crippen molar-refractivity contribution in [2.75, 3.05) is 6.61 Å². The Morgan fingerprint density at radius 3 is 2.57 bits per heavy atom. The van der Waals surface area contributed by atoms with E-state index in [4.69, 9.17) is 9.60 Å². The van der Waals surface area contributed by atoms with E-state index in [-0.39, 0.29) is 41.0 Å². The van der Waals surface area contributed by atoms with Gasteiger partial charge in [-0.1, -0.05) is 26.8 Å². The Balaban J connectivity index is 1.66. The second-order valence-corrected chi connectivity index (χ2v) is 10.0. The molecule has 9 heteroatoms. The quantitative estimate of drug-likeness (QED) is 0.413. The van der Waals surface area contributed by atoms with Crippen molar-refractivity contribution in [3.63, 3.8) is 0 Å². The van der Waals surface area contributed by atoms with Crippen molar-refractivity contribution in [1.29, 1.82) is 0 Å². The molecule has 1 aliphatic carbocycles. The highest BCUT2D eigenvalue weighted by molar-refractivity contribution is 5.95. The van der Waals surface area contributed by atoms with Crippen molar-refractivity contribution in [2.45, 2.75) is 76.2 Å². The number of aliphatic hydroxyl groups excluding tert-OH is 1. The predicted octanol–water partition coefficient (Wildman–Crippen LogP) is 4.99. The first-order chi connectivity index (χ1) is 20.2. The first-order valence-corrected chi connectivity index (χ1v) is 11.8. The molecule has 3 aromatic rings. The second-order valence-electron chi connectivity index (χ2n) is 10.0. The SMILES string of the molecule is [2H]c1c([2H])c(C2(C(=O)Cc3c(F)c([2H])c4c(c3[2H])c([2H])c(C(C)(C)CC)n4C[C@]([2H])(O)CO)CC2)c([2H])c2c1OC(F)(F)O2. The first kappa shape index (κ1) is 18.3. The summed E-state index contributed by atoms with van der Waals surface area (Å²) in [7, 11) is 0. The van der Waals surface area contributed by atoms with Crippen LogP contribution in [0.15, 0.2) is 36.3 Å². The zero-order chi connectivity index (χ0) is 32.9. The zero-order valence-electron chi connectivity index (χ0n) is 27.4. The number of fused-ring (bicyclic) bond motifs is 2. The minimum Gasteiger partial charge on any atom is -0.395 e. The molecule has 0 bridgehead atoms. The summed E-state index contributed by atoms with van der Waals surface area (Å²) in [5, 5.41) is 19.7. The number of halogens is 3. The van der Waals surface area contributed by atoms with Crippen LogP contribution in [0.3, 0.4) is 0 Å². The van der Waals surface area contributed by atoms with Crippen molar-refractivity contribution in [3.05, 3.63) is 58.9 Å². The fraction of sp³-hybridized carbons (Fsp3) is 0.464. The lowest BCUT2D eigenvalue weighted by molar-refractivity contribution is -0.286. The molecule has 0 saturated heterocycles. The van der Waals surface area contributed by atoms with Gasteiger partial charge in [0.25, 0.3) is 0 Å². The number of ketones is 1. The summed E-state index contributed by atoms with van der Waals surface area (Å²) in [4.78, 5) is 13.8. The van der Waals surface area contributed by atoms with Gasteiger partial charge in [0.1, 0.15) is 11.6 Å². The molecule has 1 saturated carbocycles. The van der Waals surface area contributed by atoms with E-state index in [0.717, 1.165) is 0 Å². The summed E-state index contributed by atoms with van der Waals surface area (Å²) in [6, 6.07) is -3.91. The Morgan fingerprint density at radius 2 is 1.92 bits per heavy atom. The third-order valence-corrected chi connectivity index (χ3v) is 7.12. The van der Waals surface area contributed by atoms with Gasteiger partial charge in [-0.15, -0.1) is 8.78 Å². The van der Waals surface area contributed by atoms with E-state index < -0.39 is 102 Å². The van der Waals surface area contributed by atoms with E-state index in [9.17, 15) is 23.8 Å². The van der Waals surface area contributed by atoms with Crippen LogP contribution in [0.5, 0.6) is 11.5 Å². The number of alkyl halides is 2. The predicted molar refractivity (Wildman–Crippen MR) is 131 cm³/mol. The maximum absolute atomic E-state index is 15.9. The number of aliphatic hydroxyl groups is 2. The molecule has 0 amide bonds. The molecule has 2 aliphatic rings. The molecule has 37 heavy (non-hydrogen) atoms. The van der Waals surface area contributed by atoms with E-state index in [1.165, 1.54) is 4.57 Å². The Bertz CT molecular complexity index is 1740. The molecule has 5 rings (SSSR count). The van der Waals surface area contributed by atoms with E-state index in [1.807, 2.05) is 6.92 Å². The molecule has 1 aliphatic heterocycles. The van der Waals surface area contributed by atoms with Gasteiger partial charge in [0.2, 0.25) is 0 Å². The highest BCUT2D eigenvalue weighted by Gasteiger charge is 2.52. The van der Waals surface area contributed by atoms with E-state index in [2.05, 4.69) is 9.47 Å². The van der Waals surface area contributed by atoms with Crippen LogP contribution in [0, 0.1) is 5.82 Å². The molecule has 1 atom stereocenters. The minimum atomic E-state index is -4.18. The summed E-state index contributed by atoms with van der Waals surface area (Å²) >= 11 is 0. The lowest BCUT2D eigenvalue weighted by Crippen LogP contribution is -2.26. The molecule has 198 valence electrons. The molecule has 6 nitrogen and oxygen atoms in total. The Hall–Kier alpha value is -3.04. The van der Waals surface area contributed by atoms with Crippen LogP contribution in [0.1, 0.15) is 66.4 Å². The van der Waals surface area contributed by atoms with Crippen LogP contribution in [-0.2, 0) is 28.6 Å². The number of hydrogen-bond donors (Lipinski definition) is 2. The summed E-state index contributed by atoms with van der Waals surface area (Å²) in [6.07, 6.45) is -6.91. The van der Waals surface area contributed by atoms with Gasteiger partial charge in [0.05, 0.1) is 39.8 Å². The van der Waals surface area contributed by atoms with E-state index in [1.54, 1.807) is 13.8 Å². The topological polar surface area (TPSA) is 80.9 Å². The van der Waals surface area contributed by atoms with Gasteiger partial charge in [0, 0.05) is 22.9 Å². The summed E-state index contributed by atoms with van der Waals surface area (Å²) < 4.78 is 113. The number of carbonyl (C=O) groups is 1. The number of aromatic nitrogens is 1. The van der Waals surface area contributed by atoms with Gasteiger partial charge in [0.15, 0.2) is 11.5 Å². The van der Waals surface area contributed by atoms with Gasteiger partial charge < -0.3 is 24.3 Å². The van der Waals surface area contributed by atoms with Crippen LogP contribution < -0.4 is 9.47 Å². The Labute approximate surface area is 222 Å². The molecule has 2 aromatic carbocycles. The zero-order valence-corrected chi connectivity index (χ0v) is 20.4. The smallest absolute Gasteiger partial charge is 0.395 e. The monoisotopic (exact) mass is 524 g/mol. The molecular weight excluding hydrogens is 487 g/mol. The molecule has 2 N–H and O–H groups in total. The van der Waals surface area contributed by atoms with Crippen molar-refractivity contribution in [3.8, 4) is 11.5 Å². The number of hydrogen-bond acceptors (Lipinski definition) is 5. The molecule has 0 radical (unpaired) electrons. The van der Waals surface area contributed by atoms with Gasteiger partial charge in [-0.3, -0.25) is 4.79 Å².